The molecular weight excluding hydrogens is 380 g/mol. The van der Waals surface area contributed by atoms with Crippen LogP contribution in [-0.4, -0.2) is 41.2 Å². The summed E-state index contributed by atoms with van der Waals surface area (Å²) in [4.78, 5) is 28.2. The molecule has 2 aliphatic rings. The topological polar surface area (TPSA) is 40.6 Å². The van der Waals surface area contributed by atoms with Crippen molar-refractivity contribution in [2.45, 2.75) is 18.9 Å². The van der Waals surface area contributed by atoms with Crippen molar-refractivity contribution in [2.24, 2.45) is 5.92 Å². The molecule has 1 aliphatic heterocycles. The summed E-state index contributed by atoms with van der Waals surface area (Å²) in [5.41, 5.74) is 0.924. The van der Waals surface area contributed by atoms with Gasteiger partial charge in [-0.1, -0.05) is 34.1 Å². The summed E-state index contributed by atoms with van der Waals surface area (Å²) in [6, 6.07) is 5.41. The summed E-state index contributed by atoms with van der Waals surface area (Å²) >= 11 is 9.60. The van der Waals surface area contributed by atoms with E-state index in [2.05, 4.69) is 22.5 Å². The van der Waals surface area contributed by atoms with Gasteiger partial charge in [-0.3, -0.25) is 9.59 Å². The fraction of sp³-hybridized carbons (Fsp3) is 0.412. The van der Waals surface area contributed by atoms with E-state index >= 15 is 0 Å². The fourth-order valence-corrected chi connectivity index (χ4v) is 3.89. The van der Waals surface area contributed by atoms with Gasteiger partial charge in [0.1, 0.15) is 0 Å². The molecule has 0 N–H and O–H groups in total. The SMILES string of the molecule is C=CC(=O)N1CCN(C(=O)C2CC2)C[C@H]1c1cc(Cl)cc(Br)c1. The average Bonchev–Trinajstić information content (AvgIpc) is 3.36. The van der Waals surface area contributed by atoms with Crippen LogP contribution in [0.1, 0.15) is 24.4 Å². The summed E-state index contributed by atoms with van der Waals surface area (Å²) in [5, 5.41) is 0.603. The van der Waals surface area contributed by atoms with E-state index in [-0.39, 0.29) is 23.8 Å². The number of benzene rings is 1. The Hall–Kier alpha value is -1.33. The number of nitrogens with zero attached hydrogens (tertiary/aromatic N) is 2. The summed E-state index contributed by atoms with van der Waals surface area (Å²) in [7, 11) is 0. The molecule has 0 unspecified atom stereocenters. The quantitative estimate of drug-likeness (QED) is 0.733. The van der Waals surface area contributed by atoms with Crippen LogP contribution in [0.15, 0.2) is 35.3 Å². The smallest absolute Gasteiger partial charge is 0.246 e. The zero-order valence-corrected chi connectivity index (χ0v) is 15.0. The van der Waals surface area contributed by atoms with Crippen LogP contribution in [0, 0.1) is 5.92 Å². The van der Waals surface area contributed by atoms with Crippen molar-refractivity contribution in [1.29, 1.82) is 0 Å². The lowest BCUT2D eigenvalue weighted by Gasteiger charge is -2.41. The first-order valence-electron chi connectivity index (χ1n) is 7.67. The van der Waals surface area contributed by atoms with Crippen molar-refractivity contribution in [3.8, 4) is 0 Å². The third-order valence-electron chi connectivity index (χ3n) is 4.35. The zero-order chi connectivity index (χ0) is 16.6. The number of carbonyl (C=O) groups is 2. The van der Waals surface area contributed by atoms with Crippen LogP contribution < -0.4 is 0 Å². The molecule has 1 aliphatic carbocycles. The minimum atomic E-state index is -0.202. The highest BCUT2D eigenvalue weighted by Crippen LogP contribution is 2.35. The molecule has 0 spiro atoms. The Morgan fingerprint density at radius 2 is 2.00 bits per heavy atom. The highest BCUT2D eigenvalue weighted by molar-refractivity contribution is 9.10. The third-order valence-corrected chi connectivity index (χ3v) is 5.02. The normalized spacial score (nSPS) is 21.2. The Bertz CT molecular complexity index is 640. The van der Waals surface area contributed by atoms with Gasteiger partial charge in [-0.05, 0) is 42.7 Å². The molecule has 1 heterocycles. The maximum Gasteiger partial charge on any atom is 0.246 e. The van der Waals surface area contributed by atoms with Gasteiger partial charge in [0.25, 0.3) is 0 Å². The lowest BCUT2D eigenvalue weighted by molar-refractivity contribution is -0.141. The molecule has 3 rings (SSSR count). The first-order chi connectivity index (χ1) is 11.0. The summed E-state index contributed by atoms with van der Waals surface area (Å²) in [6.45, 7) is 5.17. The molecule has 1 atom stereocenters. The van der Waals surface area contributed by atoms with E-state index in [1.807, 2.05) is 17.0 Å². The molecule has 6 heteroatoms. The van der Waals surface area contributed by atoms with Gasteiger partial charge >= 0.3 is 0 Å². The number of carbonyl (C=O) groups excluding carboxylic acids is 2. The van der Waals surface area contributed by atoms with Gasteiger partial charge in [0.05, 0.1) is 6.04 Å². The lowest BCUT2D eigenvalue weighted by Crippen LogP contribution is -2.52. The van der Waals surface area contributed by atoms with Crippen LogP contribution in [-0.2, 0) is 9.59 Å². The Morgan fingerprint density at radius 1 is 1.26 bits per heavy atom. The van der Waals surface area contributed by atoms with Crippen molar-refractivity contribution in [3.05, 3.63) is 45.9 Å². The molecule has 0 bridgehead atoms. The number of hydrogen-bond donors (Lipinski definition) is 0. The molecular formula is C17H18BrClN2O2. The largest absolute Gasteiger partial charge is 0.338 e. The Kier molecular flexibility index (Phi) is 4.78. The Balaban J connectivity index is 1.89. The summed E-state index contributed by atoms with van der Waals surface area (Å²) in [6.07, 6.45) is 3.29. The van der Waals surface area contributed by atoms with E-state index in [0.717, 1.165) is 22.9 Å². The number of amides is 2. The van der Waals surface area contributed by atoms with E-state index in [0.29, 0.717) is 24.7 Å². The standard InChI is InChI=1S/C17H18BrClN2O2/c1-2-16(22)21-6-5-20(17(23)11-3-4-11)10-15(21)12-7-13(18)9-14(19)8-12/h2,7-9,11,15H,1,3-6,10H2/t15-/m0/s1. The van der Waals surface area contributed by atoms with Gasteiger partial charge in [0.2, 0.25) is 11.8 Å². The van der Waals surface area contributed by atoms with Gasteiger partial charge in [0, 0.05) is 35.0 Å². The maximum atomic E-state index is 12.4. The van der Waals surface area contributed by atoms with Crippen LogP contribution in [0.3, 0.4) is 0 Å². The Morgan fingerprint density at radius 3 is 2.61 bits per heavy atom. The molecule has 0 aromatic heterocycles. The number of halogens is 2. The van der Waals surface area contributed by atoms with Crippen molar-refractivity contribution in [2.75, 3.05) is 19.6 Å². The number of hydrogen-bond acceptors (Lipinski definition) is 2. The van der Waals surface area contributed by atoms with E-state index in [1.54, 1.807) is 11.0 Å². The summed E-state index contributed by atoms with van der Waals surface area (Å²) < 4.78 is 0.858. The highest BCUT2D eigenvalue weighted by atomic mass is 79.9. The van der Waals surface area contributed by atoms with E-state index in [9.17, 15) is 9.59 Å². The van der Waals surface area contributed by atoms with E-state index in [4.69, 9.17) is 11.6 Å². The van der Waals surface area contributed by atoms with Crippen molar-refractivity contribution in [1.82, 2.24) is 9.80 Å². The third kappa shape index (κ3) is 3.61. The average molecular weight is 398 g/mol. The van der Waals surface area contributed by atoms with Crippen molar-refractivity contribution < 1.29 is 9.59 Å². The second-order valence-electron chi connectivity index (χ2n) is 6.01. The van der Waals surface area contributed by atoms with Crippen molar-refractivity contribution in [3.63, 3.8) is 0 Å². The lowest BCUT2D eigenvalue weighted by atomic mass is 10.0. The highest BCUT2D eigenvalue weighted by Gasteiger charge is 2.38. The first kappa shape index (κ1) is 16.5. The van der Waals surface area contributed by atoms with Gasteiger partial charge in [0.15, 0.2) is 0 Å². The van der Waals surface area contributed by atoms with Crippen LogP contribution in [0.5, 0.6) is 0 Å². The second kappa shape index (κ2) is 6.65. The van der Waals surface area contributed by atoms with Gasteiger partial charge < -0.3 is 9.80 Å². The van der Waals surface area contributed by atoms with E-state index < -0.39 is 0 Å². The van der Waals surface area contributed by atoms with Crippen molar-refractivity contribution >= 4 is 39.3 Å². The molecule has 1 aromatic rings. The molecule has 4 nitrogen and oxygen atoms in total. The predicted molar refractivity (Wildman–Crippen MR) is 93.1 cm³/mol. The number of piperazine rings is 1. The first-order valence-corrected chi connectivity index (χ1v) is 8.84. The number of rotatable bonds is 3. The monoisotopic (exact) mass is 396 g/mol. The maximum absolute atomic E-state index is 12.4. The van der Waals surface area contributed by atoms with Gasteiger partial charge in [-0.15, -0.1) is 0 Å². The van der Waals surface area contributed by atoms with Crippen LogP contribution in [0.4, 0.5) is 0 Å². The second-order valence-corrected chi connectivity index (χ2v) is 7.36. The minimum Gasteiger partial charge on any atom is -0.338 e. The molecule has 122 valence electrons. The molecule has 2 fully saturated rings. The fourth-order valence-electron chi connectivity index (χ4n) is 3.01. The molecule has 2 amide bonds. The molecule has 23 heavy (non-hydrogen) atoms. The molecule has 1 saturated carbocycles. The van der Waals surface area contributed by atoms with Crippen LogP contribution in [0.25, 0.3) is 0 Å². The predicted octanol–water partition coefficient (Wildman–Crippen LogP) is 3.41. The molecule has 1 aromatic carbocycles. The van der Waals surface area contributed by atoms with Gasteiger partial charge in [-0.25, -0.2) is 0 Å². The minimum absolute atomic E-state index is 0.121. The van der Waals surface area contributed by atoms with E-state index in [1.165, 1.54) is 6.08 Å². The Labute approximate surface area is 149 Å². The van der Waals surface area contributed by atoms with Gasteiger partial charge in [-0.2, -0.15) is 0 Å². The van der Waals surface area contributed by atoms with Crippen LogP contribution >= 0.6 is 27.5 Å². The summed E-state index contributed by atoms with van der Waals surface area (Å²) in [5.74, 6) is 0.273. The molecule has 0 radical (unpaired) electrons. The zero-order valence-electron chi connectivity index (χ0n) is 12.7. The van der Waals surface area contributed by atoms with Crippen LogP contribution in [0.2, 0.25) is 5.02 Å². The molecule has 1 saturated heterocycles.